The normalized spacial score (nSPS) is 10.4. The minimum atomic E-state index is -0.229. The smallest absolute Gasteiger partial charge is 0.257 e. The average molecular weight is 399 g/mol. The van der Waals surface area contributed by atoms with E-state index >= 15 is 0 Å². The van der Waals surface area contributed by atoms with Crippen LogP contribution in [0.2, 0.25) is 0 Å². The van der Waals surface area contributed by atoms with Crippen molar-refractivity contribution < 1.29 is 9.53 Å². The lowest BCUT2D eigenvalue weighted by Gasteiger charge is -2.10. The topological polar surface area (TPSA) is 50.4 Å². The first kappa shape index (κ1) is 21.9. The molecule has 2 aromatic rings. The van der Waals surface area contributed by atoms with E-state index in [0.717, 1.165) is 17.7 Å². The van der Waals surface area contributed by atoms with Crippen molar-refractivity contribution in [3.63, 3.8) is 0 Å². The van der Waals surface area contributed by atoms with E-state index in [4.69, 9.17) is 17.0 Å². The number of benzene rings is 2. The first-order chi connectivity index (χ1) is 13.6. The number of hydrogen-bond donors (Lipinski definition) is 2. The third-order valence-electron chi connectivity index (χ3n) is 4.43. The van der Waals surface area contributed by atoms with Crippen molar-refractivity contribution in [1.29, 1.82) is 0 Å². The van der Waals surface area contributed by atoms with Crippen molar-refractivity contribution in [3.8, 4) is 5.75 Å². The summed E-state index contributed by atoms with van der Waals surface area (Å²) >= 11 is 5.21. The molecule has 5 heteroatoms. The van der Waals surface area contributed by atoms with Crippen molar-refractivity contribution in [2.45, 2.75) is 52.5 Å². The zero-order chi connectivity index (χ0) is 20.2. The highest BCUT2D eigenvalue weighted by molar-refractivity contribution is 7.80. The summed E-state index contributed by atoms with van der Waals surface area (Å²) in [5.74, 6) is 0.555. The Kier molecular flexibility index (Phi) is 9.49. The van der Waals surface area contributed by atoms with Crippen LogP contribution in [0, 0.1) is 6.92 Å². The first-order valence-electron chi connectivity index (χ1n) is 9.96. The molecule has 0 heterocycles. The lowest BCUT2D eigenvalue weighted by atomic mass is 10.1. The molecule has 0 saturated heterocycles. The van der Waals surface area contributed by atoms with Gasteiger partial charge in [-0.25, -0.2) is 0 Å². The van der Waals surface area contributed by atoms with Crippen LogP contribution in [-0.2, 0) is 6.54 Å². The molecule has 0 aliphatic rings. The van der Waals surface area contributed by atoms with Crippen LogP contribution >= 0.6 is 12.2 Å². The lowest BCUT2D eigenvalue weighted by molar-refractivity contribution is 0.0976. The number of carbonyl (C=O) groups is 1. The maximum absolute atomic E-state index is 12.3. The van der Waals surface area contributed by atoms with Gasteiger partial charge in [-0.1, -0.05) is 62.4 Å². The van der Waals surface area contributed by atoms with Gasteiger partial charge < -0.3 is 10.1 Å². The minimum Gasteiger partial charge on any atom is -0.494 e. The molecule has 0 bridgehead atoms. The van der Waals surface area contributed by atoms with Crippen molar-refractivity contribution in [3.05, 3.63) is 65.2 Å². The van der Waals surface area contributed by atoms with E-state index in [-0.39, 0.29) is 5.91 Å². The summed E-state index contributed by atoms with van der Waals surface area (Å²) in [5.41, 5.74) is 2.87. The summed E-state index contributed by atoms with van der Waals surface area (Å²) in [6, 6.07) is 15.3. The second kappa shape index (κ2) is 12.1. The number of aryl methyl sites for hydroxylation is 1. The summed E-state index contributed by atoms with van der Waals surface area (Å²) in [6.07, 6.45) is 6.04. The molecular formula is C23H30N2O2S. The zero-order valence-corrected chi connectivity index (χ0v) is 17.6. The van der Waals surface area contributed by atoms with E-state index < -0.39 is 0 Å². The molecule has 2 N–H and O–H groups in total. The average Bonchev–Trinajstić information content (AvgIpc) is 2.70. The van der Waals surface area contributed by atoms with Crippen LogP contribution in [-0.4, -0.2) is 17.6 Å². The van der Waals surface area contributed by atoms with Gasteiger partial charge in [0.15, 0.2) is 5.11 Å². The maximum atomic E-state index is 12.3. The van der Waals surface area contributed by atoms with Gasteiger partial charge in [0, 0.05) is 12.1 Å². The predicted octanol–water partition coefficient (Wildman–Crippen LogP) is 5.15. The maximum Gasteiger partial charge on any atom is 0.257 e. The highest BCUT2D eigenvalue weighted by atomic mass is 32.1. The number of amides is 1. The van der Waals surface area contributed by atoms with E-state index in [1.54, 1.807) is 12.1 Å². The Labute approximate surface area is 173 Å². The molecule has 2 aromatic carbocycles. The molecule has 0 saturated carbocycles. The number of ether oxygens (including phenoxy) is 1. The number of carbonyl (C=O) groups excluding carboxylic acids is 1. The molecular weight excluding hydrogens is 368 g/mol. The first-order valence-corrected chi connectivity index (χ1v) is 10.4. The second-order valence-electron chi connectivity index (χ2n) is 6.91. The van der Waals surface area contributed by atoms with Gasteiger partial charge in [0.1, 0.15) is 5.75 Å². The van der Waals surface area contributed by atoms with Gasteiger partial charge in [0.25, 0.3) is 5.91 Å². The molecule has 150 valence electrons. The Morgan fingerprint density at radius 1 is 0.964 bits per heavy atom. The number of rotatable bonds is 10. The van der Waals surface area contributed by atoms with Gasteiger partial charge in [-0.05, 0) is 55.4 Å². The standard InChI is InChI=1S/C23H30N2O2S/c1-3-4-5-6-7-16-27-21-14-12-20(13-15-21)22(26)25-23(28)24-17-19-10-8-18(2)9-11-19/h8-15H,3-7,16-17H2,1-2H3,(H2,24,25,26,28). The predicted molar refractivity (Wildman–Crippen MR) is 119 cm³/mol. The van der Waals surface area contributed by atoms with Crippen LogP contribution in [0.1, 0.15) is 60.5 Å². The Morgan fingerprint density at radius 2 is 1.64 bits per heavy atom. The van der Waals surface area contributed by atoms with Crippen molar-refractivity contribution in [1.82, 2.24) is 10.6 Å². The monoisotopic (exact) mass is 398 g/mol. The van der Waals surface area contributed by atoms with Gasteiger partial charge in [-0.3, -0.25) is 10.1 Å². The second-order valence-corrected chi connectivity index (χ2v) is 7.32. The van der Waals surface area contributed by atoms with E-state index in [1.807, 2.05) is 43.3 Å². The highest BCUT2D eigenvalue weighted by Gasteiger charge is 2.08. The van der Waals surface area contributed by atoms with Gasteiger partial charge in [0.05, 0.1) is 6.61 Å². The Bertz CT molecular complexity index is 742. The fraction of sp³-hybridized carbons (Fsp3) is 0.391. The van der Waals surface area contributed by atoms with E-state index in [9.17, 15) is 4.79 Å². The van der Waals surface area contributed by atoms with E-state index in [1.165, 1.54) is 31.2 Å². The number of hydrogen-bond acceptors (Lipinski definition) is 3. The molecule has 0 aliphatic carbocycles. The van der Waals surface area contributed by atoms with Crippen molar-refractivity contribution in [2.24, 2.45) is 0 Å². The van der Waals surface area contributed by atoms with Crippen LogP contribution in [0.25, 0.3) is 0 Å². The van der Waals surface area contributed by atoms with Crippen LogP contribution in [0.15, 0.2) is 48.5 Å². The zero-order valence-electron chi connectivity index (χ0n) is 16.8. The Morgan fingerprint density at radius 3 is 2.32 bits per heavy atom. The van der Waals surface area contributed by atoms with Crippen LogP contribution in [0.3, 0.4) is 0 Å². The number of unbranched alkanes of at least 4 members (excludes halogenated alkanes) is 4. The molecule has 0 aromatic heterocycles. The molecule has 2 rings (SSSR count). The molecule has 4 nitrogen and oxygen atoms in total. The molecule has 28 heavy (non-hydrogen) atoms. The number of thiocarbonyl (C=S) groups is 1. The molecule has 0 spiro atoms. The molecule has 0 aliphatic heterocycles. The third kappa shape index (κ3) is 8.09. The van der Waals surface area contributed by atoms with E-state index in [2.05, 4.69) is 17.6 Å². The van der Waals surface area contributed by atoms with Gasteiger partial charge in [-0.2, -0.15) is 0 Å². The molecule has 0 radical (unpaired) electrons. The summed E-state index contributed by atoms with van der Waals surface area (Å²) < 4.78 is 5.73. The fourth-order valence-electron chi connectivity index (χ4n) is 2.71. The Hall–Kier alpha value is -2.40. The molecule has 0 fully saturated rings. The molecule has 1 amide bonds. The van der Waals surface area contributed by atoms with Crippen LogP contribution in [0.5, 0.6) is 5.75 Å². The summed E-state index contributed by atoms with van der Waals surface area (Å²) in [6.45, 7) is 5.54. The molecule has 0 atom stereocenters. The minimum absolute atomic E-state index is 0.229. The third-order valence-corrected chi connectivity index (χ3v) is 4.68. The quantitative estimate of drug-likeness (QED) is 0.429. The lowest BCUT2D eigenvalue weighted by Crippen LogP contribution is -2.38. The van der Waals surface area contributed by atoms with Gasteiger partial charge >= 0.3 is 0 Å². The van der Waals surface area contributed by atoms with Gasteiger partial charge in [-0.15, -0.1) is 0 Å². The summed E-state index contributed by atoms with van der Waals surface area (Å²) in [5, 5.41) is 6.08. The molecule has 0 unspecified atom stereocenters. The van der Waals surface area contributed by atoms with Crippen molar-refractivity contribution in [2.75, 3.05) is 6.61 Å². The van der Waals surface area contributed by atoms with Crippen LogP contribution in [0.4, 0.5) is 0 Å². The largest absolute Gasteiger partial charge is 0.494 e. The summed E-state index contributed by atoms with van der Waals surface area (Å²) in [7, 11) is 0. The van der Waals surface area contributed by atoms with Crippen molar-refractivity contribution >= 4 is 23.2 Å². The SMILES string of the molecule is CCCCCCCOc1ccc(C(=O)NC(=S)NCc2ccc(C)cc2)cc1. The van der Waals surface area contributed by atoms with E-state index in [0.29, 0.717) is 23.8 Å². The fourth-order valence-corrected chi connectivity index (χ4v) is 2.87. The highest BCUT2D eigenvalue weighted by Crippen LogP contribution is 2.13. The Balaban J connectivity index is 1.71. The van der Waals surface area contributed by atoms with Crippen LogP contribution < -0.4 is 15.4 Å². The summed E-state index contributed by atoms with van der Waals surface area (Å²) in [4.78, 5) is 12.3. The van der Waals surface area contributed by atoms with Gasteiger partial charge in [0.2, 0.25) is 0 Å². The number of nitrogens with one attached hydrogen (secondary N) is 2.